The van der Waals surface area contributed by atoms with Crippen LogP contribution in [0.3, 0.4) is 0 Å². The molecule has 0 N–H and O–H groups in total. The van der Waals surface area contributed by atoms with Gasteiger partial charge in [-0.25, -0.2) is 0 Å². The smallest absolute Gasteiger partial charge is 0.137 e. The van der Waals surface area contributed by atoms with Crippen molar-refractivity contribution in [3.63, 3.8) is 0 Å². The molecule has 0 aliphatic rings. The third-order valence-electron chi connectivity index (χ3n) is 11.5. The van der Waals surface area contributed by atoms with Crippen LogP contribution in [0.5, 0.6) is 0 Å². The predicted octanol–water partition coefficient (Wildman–Crippen LogP) is 16.4. The lowest BCUT2D eigenvalue weighted by Gasteiger charge is -2.33. The summed E-state index contributed by atoms with van der Waals surface area (Å²) in [7, 11) is 0. The number of nitrogens with zero attached hydrogens (tertiary/aromatic N) is 2. The molecule has 0 bridgehead atoms. The lowest BCUT2D eigenvalue weighted by atomic mass is 10.0. The molecule has 0 amide bonds. The van der Waals surface area contributed by atoms with E-state index in [9.17, 15) is 0 Å². The zero-order valence-electron chi connectivity index (χ0n) is 31.3. The molecule has 10 aromatic carbocycles. The molecule has 0 saturated carbocycles. The van der Waals surface area contributed by atoms with Crippen LogP contribution in [0.1, 0.15) is 0 Å². The van der Waals surface area contributed by atoms with E-state index in [2.05, 4.69) is 216 Å². The van der Waals surface area contributed by atoms with Crippen LogP contribution in [0.4, 0.5) is 34.1 Å². The molecule has 0 radical (unpaired) electrons. The van der Waals surface area contributed by atoms with Crippen LogP contribution < -0.4 is 9.80 Å². The zero-order valence-corrected chi connectivity index (χ0v) is 32.2. The number of thiophene rings is 1. The van der Waals surface area contributed by atoms with Crippen molar-refractivity contribution in [1.82, 2.24) is 0 Å². The minimum Gasteiger partial charge on any atom is -0.456 e. The predicted molar refractivity (Wildman–Crippen MR) is 248 cm³/mol. The van der Waals surface area contributed by atoms with Crippen molar-refractivity contribution < 1.29 is 4.42 Å². The van der Waals surface area contributed by atoms with Gasteiger partial charge in [-0.15, -0.1) is 11.3 Å². The SMILES string of the molecule is c1ccc(N(c2cc3oc4cc5ccccc5cc4c3cc2N(c2ccc3ccccc3c2)c2ccc3ccccc3c2)c2cccc3c2sc2ccccc23)cc1. The first kappa shape index (κ1) is 32.8. The van der Waals surface area contributed by atoms with Gasteiger partial charge in [0.25, 0.3) is 0 Å². The molecule has 0 fully saturated rings. The summed E-state index contributed by atoms with van der Waals surface area (Å²) < 4.78 is 9.38. The summed E-state index contributed by atoms with van der Waals surface area (Å²) >= 11 is 1.85. The molecule has 0 unspecified atom stereocenters. The van der Waals surface area contributed by atoms with Gasteiger partial charge in [0.2, 0.25) is 0 Å². The summed E-state index contributed by atoms with van der Waals surface area (Å²) in [5, 5.41) is 11.8. The third-order valence-corrected chi connectivity index (χ3v) is 12.7. The standard InChI is InChI=1S/C54H34N2OS/c1-2-19-41(20-3-1)56(48-23-12-22-45-44-21-10-11-24-53(44)58-54(45)48)50-34-52-47(46-31-39-17-8-9-18-40(39)32-51(46)57-52)33-49(50)55(42-27-25-35-13-4-6-15-37(35)29-42)43-28-26-36-14-5-7-16-38(36)30-43/h1-34H. The second-order valence-electron chi connectivity index (χ2n) is 15.0. The number of fused-ring (bicyclic) bond motifs is 9. The summed E-state index contributed by atoms with van der Waals surface area (Å²) in [5.41, 5.74) is 8.07. The van der Waals surface area contributed by atoms with Gasteiger partial charge in [-0.1, -0.05) is 133 Å². The molecule has 3 nitrogen and oxygen atoms in total. The van der Waals surface area contributed by atoms with Crippen LogP contribution in [-0.2, 0) is 0 Å². The molecular weight excluding hydrogens is 725 g/mol. The average molecular weight is 759 g/mol. The highest BCUT2D eigenvalue weighted by molar-refractivity contribution is 7.26. The van der Waals surface area contributed by atoms with Crippen LogP contribution in [-0.4, -0.2) is 0 Å². The van der Waals surface area contributed by atoms with Gasteiger partial charge in [-0.05, 0) is 99.0 Å². The Morgan fingerprint density at radius 2 is 0.845 bits per heavy atom. The lowest BCUT2D eigenvalue weighted by Crippen LogP contribution is -2.17. The van der Waals surface area contributed by atoms with Crippen LogP contribution in [0.25, 0.3) is 74.4 Å². The number of para-hydroxylation sites is 1. The fraction of sp³-hybridized carbons (Fsp3) is 0. The molecule has 0 aliphatic heterocycles. The van der Waals surface area contributed by atoms with Gasteiger partial charge in [0.05, 0.1) is 21.8 Å². The van der Waals surface area contributed by atoms with Crippen molar-refractivity contribution in [3.8, 4) is 0 Å². The molecule has 0 atom stereocenters. The fourth-order valence-electron chi connectivity index (χ4n) is 8.80. The zero-order chi connectivity index (χ0) is 38.2. The Morgan fingerprint density at radius 1 is 0.310 bits per heavy atom. The average Bonchev–Trinajstić information content (AvgIpc) is 3.84. The lowest BCUT2D eigenvalue weighted by molar-refractivity contribution is 0.669. The first-order valence-corrected chi connectivity index (χ1v) is 20.5. The van der Waals surface area contributed by atoms with Gasteiger partial charge < -0.3 is 14.2 Å². The van der Waals surface area contributed by atoms with Crippen molar-refractivity contribution >= 4 is 120 Å². The maximum atomic E-state index is 6.88. The molecule has 0 aliphatic carbocycles. The Kier molecular flexibility index (Phi) is 7.40. The minimum atomic E-state index is 0.838. The van der Waals surface area contributed by atoms with E-state index >= 15 is 0 Å². The van der Waals surface area contributed by atoms with Crippen LogP contribution in [0.2, 0.25) is 0 Å². The van der Waals surface area contributed by atoms with Crippen LogP contribution in [0.15, 0.2) is 211 Å². The molecule has 0 saturated heterocycles. The first-order valence-electron chi connectivity index (χ1n) is 19.7. The largest absolute Gasteiger partial charge is 0.456 e. The Bertz CT molecular complexity index is 3470. The molecule has 12 aromatic rings. The Morgan fingerprint density at radius 3 is 1.55 bits per heavy atom. The van der Waals surface area contributed by atoms with Crippen molar-refractivity contribution in [3.05, 3.63) is 206 Å². The van der Waals surface area contributed by atoms with E-state index in [1.54, 1.807) is 0 Å². The Hall–Kier alpha value is -7.40. The highest BCUT2D eigenvalue weighted by Crippen LogP contribution is 2.52. The molecule has 12 rings (SSSR count). The summed E-state index contributed by atoms with van der Waals surface area (Å²) in [6.07, 6.45) is 0. The van der Waals surface area contributed by atoms with E-state index in [0.29, 0.717) is 0 Å². The Balaban J connectivity index is 1.22. The van der Waals surface area contributed by atoms with Crippen LogP contribution >= 0.6 is 11.3 Å². The van der Waals surface area contributed by atoms with E-state index in [0.717, 1.165) is 61.4 Å². The summed E-state index contributed by atoms with van der Waals surface area (Å²) in [4.78, 5) is 4.87. The molecular formula is C54H34N2OS. The summed E-state index contributed by atoms with van der Waals surface area (Å²) in [6, 6.07) is 74.7. The minimum absolute atomic E-state index is 0.838. The van der Waals surface area contributed by atoms with Crippen molar-refractivity contribution in [1.29, 1.82) is 0 Å². The quantitative estimate of drug-likeness (QED) is 0.168. The van der Waals surface area contributed by atoms with Gasteiger partial charge in [0.15, 0.2) is 0 Å². The molecule has 4 heteroatoms. The van der Waals surface area contributed by atoms with Gasteiger partial charge in [0.1, 0.15) is 11.2 Å². The molecule has 0 spiro atoms. The van der Waals surface area contributed by atoms with E-state index in [1.807, 2.05) is 11.3 Å². The number of hydrogen-bond acceptors (Lipinski definition) is 4. The molecule has 58 heavy (non-hydrogen) atoms. The summed E-state index contributed by atoms with van der Waals surface area (Å²) in [5.74, 6) is 0. The maximum absolute atomic E-state index is 6.88. The summed E-state index contributed by atoms with van der Waals surface area (Å²) in [6.45, 7) is 0. The van der Waals surface area contributed by atoms with E-state index in [4.69, 9.17) is 4.42 Å². The second-order valence-corrected chi connectivity index (χ2v) is 16.0. The first-order chi connectivity index (χ1) is 28.7. The highest BCUT2D eigenvalue weighted by Gasteiger charge is 2.27. The van der Waals surface area contributed by atoms with E-state index in [-0.39, 0.29) is 0 Å². The maximum Gasteiger partial charge on any atom is 0.137 e. The Labute approximate surface area is 338 Å². The van der Waals surface area contributed by atoms with E-state index in [1.165, 1.54) is 47.1 Å². The van der Waals surface area contributed by atoms with Gasteiger partial charge >= 0.3 is 0 Å². The van der Waals surface area contributed by atoms with Crippen molar-refractivity contribution in [2.45, 2.75) is 0 Å². The molecule has 272 valence electrons. The van der Waals surface area contributed by atoms with Crippen LogP contribution in [0, 0.1) is 0 Å². The van der Waals surface area contributed by atoms with Gasteiger partial charge in [-0.2, -0.15) is 0 Å². The molecule has 2 heterocycles. The van der Waals surface area contributed by atoms with Gasteiger partial charge in [-0.3, -0.25) is 0 Å². The topological polar surface area (TPSA) is 19.6 Å². The van der Waals surface area contributed by atoms with Crippen molar-refractivity contribution in [2.24, 2.45) is 0 Å². The van der Waals surface area contributed by atoms with Crippen molar-refractivity contribution in [2.75, 3.05) is 9.80 Å². The monoisotopic (exact) mass is 758 g/mol. The number of benzene rings is 10. The number of anilines is 6. The fourth-order valence-corrected chi connectivity index (χ4v) is 10.0. The van der Waals surface area contributed by atoms with E-state index < -0.39 is 0 Å². The third kappa shape index (κ3) is 5.27. The number of rotatable bonds is 6. The number of furan rings is 1. The highest BCUT2D eigenvalue weighted by atomic mass is 32.1. The normalized spacial score (nSPS) is 11.8. The van der Waals surface area contributed by atoms with Gasteiger partial charge in [0, 0.05) is 49.4 Å². The molecule has 2 aromatic heterocycles. The number of hydrogen-bond donors (Lipinski definition) is 0. The second kappa shape index (κ2) is 13.1.